The summed E-state index contributed by atoms with van der Waals surface area (Å²) in [4.78, 5) is 23.2. The summed E-state index contributed by atoms with van der Waals surface area (Å²) in [5.74, 6) is 0.551. The molecule has 3 aromatic rings. The Morgan fingerprint density at radius 2 is 1.61 bits per heavy atom. The number of phenolic OH excluding ortho intramolecular Hbond substituents is 1. The van der Waals surface area contributed by atoms with Gasteiger partial charge in [-0.25, -0.2) is 4.79 Å². The summed E-state index contributed by atoms with van der Waals surface area (Å²) in [6, 6.07) is 16.3. The van der Waals surface area contributed by atoms with Gasteiger partial charge in [0.1, 0.15) is 30.5 Å². The van der Waals surface area contributed by atoms with Crippen molar-refractivity contribution >= 4 is 17.8 Å². The van der Waals surface area contributed by atoms with Crippen molar-refractivity contribution in [2.24, 2.45) is 5.92 Å². The van der Waals surface area contributed by atoms with Crippen molar-refractivity contribution in [3.05, 3.63) is 94.1 Å². The molecule has 0 amide bonds. The zero-order valence-electron chi connectivity index (χ0n) is 21.1. The minimum absolute atomic E-state index is 0.0604. The first kappa shape index (κ1) is 26.5. The minimum atomic E-state index is -1.09. The first-order valence-electron chi connectivity index (χ1n) is 11.8. The second-order valence-electron chi connectivity index (χ2n) is 9.17. The summed E-state index contributed by atoms with van der Waals surface area (Å²) in [6.45, 7) is 8.68. The van der Waals surface area contributed by atoms with Crippen LogP contribution in [0.2, 0.25) is 0 Å². The van der Waals surface area contributed by atoms with Crippen molar-refractivity contribution in [2.45, 2.75) is 47.3 Å². The summed E-state index contributed by atoms with van der Waals surface area (Å²) in [5, 5.41) is 18.8. The minimum Gasteiger partial charge on any atom is -0.507 e. The van der Waals surface area contributed by atoms with E-state index >= 15 is 0 Å². The summed E-state index contributed by atoms with van der Waals surface area (Å²) < 4.78 is 11.9. The molecule has 0 aliphatic rings. The third-order valence-electron chi connectivity index (χ3n) is 5.83. The Balaban J connectivity index is 1.62. The second kappa shape index (κ2) is 12.1. The number of carbonyl (C=O) groups excluding carboxylic acids is 1. The van der Waals surface area contributed by atoms with Crippen LogP contribution in [0.1, 0.15) is 58.4 Å². The van der Waals surface area contributed by atoms with Gasteiger partial charge in [-0.15, -0.1) is 0 Å². The zero-order valence-corrected chi connectivity index (χ0v) is 21.1. The molecule has 0 radical (unpaired) electrons. The molecule has 188 valence electrons. The van der Waals surface area contributed by atoms with E-state index in [0.717, 1.165) is 39.6 Å². The number of hydrogen-bond donors (Lipinski definition) is 2. The van der Waals surface area contributed by atoms with Crippen molar-refractivity contribution in [3.8, 4) is 17.2 Å². The van der Waals surface area contributed by atoms with Crippen molar-refractivity contribution in [1.82, 2.24) is 0 Å². The summed E-state index contributed by atoms with van der Waals surface area (Å²) in [7, 11) is 0. The number of phenols is 1. The highest BCUT2D eigenvalue weighted by Gasteiger charge is 2.15. The molecule has 0 unspecified atom stereocenters. The van der Waals surface area contributed by atoms with Crippen LogP contribution in [0, 0.1) is 19.8 Å². The van der Waals surface area contributed by atoms with Gasteiger partial charge in [-0.3, -0.25) is 4.79 Å². The van der Waals surface area contributed by atoms with E-state index in [9.17, 15) is 14.7 Å². The van der Waals surface area contributed by atoms with Crippen LogP contribution >= 0.6 is 0 Å². The molecule has 6 heteroatoms. The van der Waals surface area contributed by atoms with Gasteiger partial charge >= 0.3 is 5.97 Å². The molecular formula is C30H32O6. The Morgan fingerprint density at radius 1 is 0.917 bits per heavy atom. The number of hydrogen-bond acceptors (Lipinski definition) is 5. The maximum atomic E-state index is 12.5. The molecule has 0 saturated heterocycles. The molecule has 0 saturated carbocycles. The van der Waals surface area contributed by atoms with Gasteiger partial charge < -0.3 is 19.7 Å². The van der Waals surface area contributed by atoms with E-state index in [1.54, 1.807) is 12.1 Å². The van der Waals surface area contributed by atoms with Crippen LogP contribution in [-0.2, 0) is 18.0 Å². The topological polar surface area (TPSA) is 93.1 Å². The SMILES string of the molecule is Cc1c(OCc2cccc(COc3ccc(/C=C/C(=O)O)c(O)c3)c2)ccc(C(=O)CC(C)C)c1C. The van der Waals surface area contributed by atoms with Crippen LogP contribution in [0.25, 0.3) is 6.08 Å². The highest BCUT2D eigenvalue weighted by Crippen LogP contribution is 2.28. The molecule has 0 atom stereocenters. The van der Waals surface area contributed by atoms with Gasteiger partial charge in [-0.1, -0.05) is 32.0 Å². The number of aliphatic carboxylic acids is 1. The molecule has 6 nitrogen and oxygen atoms in total. The average Bonchev–Trinajstić information content (AvgIpc) is 2.82. The quantitative estimate of drug-likeness (QED) is 0.237. The van der Waals surface area contributed by atoms with Crippen LogP contribution in [-0.4, -0.2) is 22.0 Å². The molecule has 3 rings (SSSR count). The number of Topliss-reactive ketones (excluding diaryl/α,β-unsaturated/α-hetero) is 1. The van der Waals surface area contributed by atoms with E-state index in [1.165, 1.54) is 12.1 Å². The highest BCUT2D eigenvalue weighted by atomic mass is 16.5. The lowest BCUT2D eigenvalue weighted by atomic mass is 9.95. The molecule has 3 aromatic carbocycles. The fourth-order valence-corrected chi connectivity index (χ4v) is 3.79. The molecule has 36 heavy (non-hydrogen) atoms. The number of benzene rings is 3. The number of carboxylic acids is 1. The predicted octanol–water partition coefficient (Wildman–Crippen LogP) is 6.49. The number of carbonyl (C=O) groups is 2. The predicted molar refractivity (Wildman–Crippen MR) is 140 cm³/mol. The summed E-state index contributed by atoms with van der Waals surface area (Å²) >= 11 is 0. The van der Waals surface area contributed by atoms with E-state index in [1.807, 2.05) is 64.1 Å². The van der Waals surface area contributed by atoms with Gasteiger partial charge in [0.15, 0.2) is 5.78 Å². The summed E-state index contributed by atoms with van der Waals surface area (Å²) in [6.07, 6.45) is 2.82. The van der Waals surface area contributed by atoms with Gasteiger partial charge in [0.25, 0.3) is 0 Å². The number of aromatic hydroxyl groups is 1. The smallest absolute Gasteiger partial charge is 0.328 e. The monoisotopic (exact) mass is 488 g/mol. The Morgan fingerprint density at radius 3 is 2.25 bits per heavy atom. The maximum absolute atomic E-state index is 12.5. The molecular weight excluding hydrogens is 456 g/mol. The Bertz CT molecular complexity index is 1270. The van der Waals surface area contributed by atoms with Crippen LogP contribution in [0.3, 0.4) is 0 Å². The normalized spacial score (nSPS) is 11.1. The Hall–Kier alpha value is -4.06. The maximum Gasteiger partial charge on any atom is 0.328 e. The van der Waals surface area contributed by atoms with E-state index in [-0.39, 0.29) is 11.5 Å². The first-order chi connectivity index (χ1) is 17.1. The molecule has 0 spiro atoms. The van der Waals surface area contributed by atoms with Gasteiger partial charge in [0.2, 0.25) is 0 Å². The van der Waals surface area contributed by atoms with E-state index in [2.05, 4.69) is 0 Å². The number of ether oxygens (including phenoxy) is 2. The number of ketones is 1. The molecule has 0 bridgehead atoms. The highest BCUT2D eigenvalue weighted by molar-refractivity contribution is 5.98. The first-order valence-corrected chi connectivity index (χ1v) is 11.8. The van der Waals surface area contributed by atoms with Crippen LogP contribution in [0.5, 0.6) is 17.2 Å². The van der Waals surface area contributed by atoms with Crippen molar-refractivity contribution in [3.63, 3.8) is 0 Å². The van der Waals surface area contributed by atoms with Gasteiger partial charge in [0.05, 0.1) is 0 Å². The lowest BCUT2D eigenvalue weighted by Crippen LogP contribution is -2.07. The van der Waals surface area contributed by atoms with Crippen molar-refractivity contribution in [1.29, 1.82) is 0 Å². The molecule has 0 heterocycles. The lowest BCUT2D eigenvalue weighted by Gasteiger charge is -2.15. The van der Waals surface area contributed by atoms with E-state index < -0.39 is 5.97 Å². The molecule has 0 aromatic heterocycles. The van der Waals surface area contributed by atoms with Crippen LogP contribution in [0.15, 0.2) is 60.7 Å². The molecule has 0 aliphatic heterocycles. The number of carboxylic acid groups (broad SMARTS) is 1. The largest absolute Gasteiger partial charge is 0.507 e. The van der Waals surface area contributed by atoms with Gasteiger partial charge in [-0.2, -0.15) is 0 Å². The Labute approximate surface area is 211 Å². The average molecular weight is 489 g/mol. The fraction of sp³-hybridized carbons (Fsp3) is 0.267. The summed E-state index contributed by atoms with van der Waals surface area (Å²) in [5.41, 5.74) is 4.98. The lowest BCUT2D eigenvalue weighted by molar-refractivity contribution is -0.131. The van der Waals surface area contributed by atoms with Crippen molar-refractivity contribution < 1.29 is 29.3 Å². The molecule has 2 N–H and O–H groups in total. The standard InChI is InChI=1S/C30H32O6/c1-19(2)14-28(32)26-11-12-29(21(4)20(26)3)36-18-23-7-5-6-22(15-23)17-35-25-10-8-24(27(31)16-25)9-13-30(33)34/h5-13,15-16,19,31H,14,17-18H2,1-4H3,(H,33,34)/b13-9+. The van der Waals surface area contributed by atoms with Crippen LogP contribution in [0.4, 0.5) is 0 Å². The molecule has 0 aliphatic carbocycles. The zero-order chi connectivity index (χ0) is 26.2. The van der Waals surface area contributed by atoms with Crippen LogP contribution < -0.4 is 9.47 Å². The van der Waals surface area contributed by atoms with E-state index in [4.69, 9.17) is 14.6 Å². The van der Waals surface area contributed by atoms with Crippen molar-refractivity contribution in [2.75, 3.05) is 0 Å². The second-order valence-corrected chi connectivity index (χ2v) is 9.17. The van der Waals surface area contributed by atoms with Gasteiger partial charge in [-0.05, 0) is 78.4 Å². The third-order valence-corrected chi connectivity index (χ3v) is 5.83. The van der Waals surface area contributed by atoms with Gasteiger partial charge in [0, 0.05) is 29.7 Å². The number of rotatable bonds is 11. The Kier molecular flexibility index (Phi) is 8.90. The molecule has 0 fully saturated rings. The van der Waals surface area contributed by atoms with E-state index in [0.29, 0.717) is 36.9 Å². The fourth-order valence-electron chi connectivity index (χ4n) is 3.79. The third kappa shape index (κ3) is 7.22.